The minimum Gasteiger partial charge on any atom is -0.337 e. The maximum Gasteiger partial charge on any atom is 0.317 e. The molecule has 18 heavy (non-hydrogen) atoms. The molecule has 5 heteroatoms. The molecule has 0 aromatic carbocycles. The number of hydrogen-bond acceptors (Lipinski definition) is 3. The highest BCUT2D eigenvalue weighted by Gasteiger charge is 2.25. The zero-order chi connectivity index (χ0) is 13.7. The van der Waals surface area contributed by atoms with Crippen molar-refractivity contribution in [1.82, 2.24) is 15.1 Å². The molecule has 0 bridgehead atoms. The van der Waals surface area contributed by atoms with Crippen molar-refractivity contribution < 1.29 is 4.79 Å². The Morgan fingerprint density at radius 1 is 1.39 bits per heavy atom. The van der Waals surface area contributed by atoms with Gasteiger partial charge < -0.3 is 15.1 Å². The van der Waals surface area contributed by atoms with E-state index in [1.807, 2.05) is 16.7 Å². The van der Waals surface area contributed by atoms with Crippen molar-refractivity contribution in [3.63, 3.8) is 0 Å². The molecule has 0 spiro atoms. The molecule has 1 fully saturated rings. The fourth-order valence-electron chi connectivity index (χ4n) is 2.05. The third kappa shape index (κ3) is 5.06. The van der Waals surface area contributed by atoms with E-state index in [4.69, 9.17) is 0 Å². The second kappa shape index (κ2) is 7.24. The molecule has 106 valence electrons. The number of hydrogen-bond donors (Lipinski definition) is 1. The van der Waals surface area contributed by atoms with E-state index in [-0.39, 0.29) is 6.03 Å². The SMILES string of the molecule is CC(C)N(C)CCNC(=O)N1C[C@H](C)S[C@@H](C)C1. The van der Waals surface area contributed by atoms with Crippen LogP contribution in [0.25, 0.3) is 0 Å². The molecule has 2 amide bonds. The van der Waals surface area contributed by atoms with Crippen LogP contribution in [0.4, 0.5) is 4.79 Å². The first-order valence-electron chi connectivity index (χ1n) is 6.78. The first kappa shape index (κ1) is 15.6. The van der Waals surface area contributed by atoms with E-state index >= 15 is 0 Å². The fraction of sp³-hybridized carbons (Fsp3) is 0.923. The van der Waals surface area contributed by atoms with Crippen LogP contribution in [0.1, 0.15) is 27.7 Å². The van der Waals surface area contributed by atoms with Crippen LogP contribution in [0.3, 0.4) is 0 Å². The predicted octanol–water partition coefficient (Wildman–Crippen LogP) is 1.86. The Labute approximate surface area is 115 Å². The highest BCUT2D eigenvalue weighted by molar-refractivity contribution is 8.00. The molecule has 0 aromatic heterocycles. The van der Waals surface area contributed by atoms with Gasteiger partial charge in [0, 0.05) is 42.7 Å². The number of thioether (sulfide) groups is 1. The van der Waals surface area contributed by atoms with Crippen LogP contribution >= 0.6 is 11.8 Å². The van der Waals surface area contributed by atoms with Crippen molar-refractivity contribution in [2.45, 2.75) is 44.2 Å². The summed E-state index contributed by atoms with van der Waals surface area (Å²) in [6, 6.07) is 0.611. The standard InChI is InChI=1S/C13H27N3OS/c1-10(2)15(5)7-6-14-13(17)16-8-11(3)18-12(4)9-16/h10-12H,6-9H2,1-5H3,(H,14,17)/t11-,12-/m0/s1. The van der Waals surface area contributed by atoms with Gasteiger partial charge in [-0.3, -0.25) is 0 Å². The summed E-state index contributed by atoms with van der Waals surface area (Å²) in [6.45, 7) is 12.0. The zero-order valence-electron chi connectivity index (χ0n) is 12.3. The molecule has 1 aliphatic rings. The summed E-state index contributed by atoms with van der Waals surface area (Å²) >= 11 is 1.97. The number of amides is 2. The Kier molecular flexibility index (Phi) is 6.29. The number of likely N-dealkylation sites (N-methyl/N-ethyl adjacent to an activating group) is 1. The van der Waals surface area contributed by atoms with Gasteiger partial charge in [0.25, 0.3) is 0 Å². The van der Waals surface area contributed by atoms with E-state index in [1.54, 1.807) is 0 Å². The minimum atomic E-state index is 0.0890. The summed E-state index contributed by atoms with van der Waals surface area (Å²) in [5.41, 5.74) is 0. The van der Waals surface area contributed by atoms with Crippen LogP contribution in [-0.4, -0.2) is 65.6 Å². The lowest BCUT2D eigenvalue weighted by atomic mass is 10.3. The number of rotatable bonds is 4. The Bertz CT molecular complexity index is 263. The Hall–Kier alpha value is -0.420. The van der Waals surface area contributed by atoms with Gasteiger partial charge in [-0.2, -0.15) is 11.8 Å². The van der Waals surface area contributed by atoms with Gasteiger partial charge in [0.1, 0.15) is 0 Å². The van der Waals surface area contributed by atoms with Crippen LogP contribution in [0, 0.1) is 0 Å². The smallest absolute Gasteiger partial charge is 0.317 e. The second-order valence-corrected chi connectivity index (χ2v) is 7.35. The predicted molar refractivity (Wildman–Crippen MR) is 79.3 cm³/mol. The van der Waals surface area contributed by atoms with Crippen molar-refractivity contribution >= 4 is 17.8 Å². The Balaban J connectivity index is 2.28. The first-order valence-corrected chi connectivity index (χ1v) is 7.73. The summed E-state index contributed by atoms with van der Waals surface area (Å²) in [5, 5.41) is 4.09. The van der Waals surface area contributed by atoms with E-state index in [2.05, 4.69) is 45.0 Å². The average molecular weight is 273 g/mol. The number of carbonyl (C=O) groups excluding carboxylic acids is 1. The van der Waals surface area contributed by atoms with Crippen LogP contribution in [0.5, 0.6) is 0 Å². The maximum atomic E-state index is 12.0. The molecule has 0 radical (unpaired) electrons. The average Bonchev–Trinajstić information content (AvgIpc) is 2.27. The number of carbonyl (C=O) groups is 1. The Morgan fingerprint density at radius 2 is 1.94 bits per heavy atom. The van der Waals surface area contributed by atoms with E-state index in [9.17, 15) is 4.79 Å². The lowest BCUT2D eigenvalue weighted by Crippen LogP contribution is -2.49. The summed E-state index contributed by atoms with van der Waals surface area (Å²) in [4.78, 5) is 16.2. The van der Waals surface area contributed by atoms with Crippen molar-refractivity contribution in [3.8, 4) is 0 Å². The third-order valence-corrected chi connectivity index (χ3v) is 4.56. The molecule has 1 saturated heterocycles. The summed E-state index contributed by atoms with van der Waals surface area (Å²) < 4.78 is 0. The second-order valence-electron chi connectivity index (χ2n) is 5.47. The number of urea groups is 1. The molecule has 0 saturated carbocycles. The number of nitrogens with zero attached hydrogens (tertiary/aromatic N) is 2. The van der Waals surface area contributed by atoms with E-state index in [0.717, 1.165) is 26.2 Å². The molecule has 1 rings (SSSR count). The first-order chi connectivity index (χ1) is 8.40. The number of nitrogens with one attached hydrogen (secondary N) is 1. The van der Waals surface area contributed by atoms with Gasteiger partial charge in [-0.05, 0) is 20.9 Å². The van der Waals surface area contributed by atoms with Crippen LogP contribution in [0.2, 0.25) is 0 Å². The molecule has 0 unspecified atom stereocenters. The van der Waals surface area contributed by atoms with Gasteiger partial charge in [-0.15, -0.1) is 0 Å². The quantitative estimate of drug-likeness (QED) is 0.849. The van der Waals surface area contributed by atoms with Crippen molar-refractivity contribution in [2.75, 3.05) is 33.2 Å². The van der Waals surface area contributed by atoms with Crippen molar-refractivity contribution in [2.24, 2.45) is 0 Å². The Morgan fingerprint density at radius 3 is 2.44 bits per heavy atom. The maximum absolute atomic E-state index is 12.0. The van der Waals surface area contributed by atoms with Crippen LogP contribution < -0.4 is 5.32 Å². The molecular formula is C13H27N3OS. The molecule has 0 aliphatic carbocycles. The van der Waals surface area contributed by atoms with E-state index in [0.29, 0.717) is 16.5 Å². The zero-order valence-corrected chi connectivity index (χ0v) is 13.1. The summed E-state index contributed by atoms with van der Waals surface area (Å²) in [6.07, 6.45) is 0. The van der Waals surface area contributed by atoms with Crippen LogP contribution in [0.15, 0.2) is 0 Å². The van der Waals surface area contributed by atoms with Gasteiger partial charge in [0.2, 0.25) is 0 Å². The molecule has 1 heterocycles. The molecule has 1 aliphatic heterocycles. The molecule has 2 atom stereocenters. The highest BCUT2D eigenvalue weighted by atomic mass is 32.2. The normalized spacial score (nSPS) is 24.7. The minimum absolute atomic E-state index is 0.0890. The topological polar surface area (TPSA) is 35.6 Å². The largest absolute Gasteiger partial charge is 0.337 e. The highest BCUT2D eigenvalue weighted by Crippen LogP contribution is 2.24. The molecule has 4 nitrogen and oxygen atoms in total. The van der Waals surface area contributed by atoms with Crippen molar-refractivity contribution in [3.05, 3.63) is 0 Å². The lowest BCUT2D eigenvalue weighted by molar-refractivity contribution is 0.193. The lowest BCUT2D eigenvalue weighted by Gasteiger charge is -2.34. The van der Waals surface area contributed by atoms with E-state index < -0.39 is 0 Å². The third-order valence-electron chi connectivity index (χ3n) is 3.33. The molecule has 1 N–H and O–H groups in total. The molecule has 0 aromatic rings. The van der Waals surface area contributed by atoms with E-state index in [1.165, 1.54) is 0 Å². The fourth-order valence-corrected chi connectivity index (χ4v) is 3.38. The van der Waals surface area contributed by atoms with Crippen molar-refractivity contribution in [1.29, 1.82) is 0 Å². The summed E-state index contributed by atoms with van der Waals surface area (Å²) in [7, 11) is 2.08. The van der Waals surface area contributed by atoms with Gasteiger partial charge >= 0.3 is 6.03 Å². The van der Waals surface area contributed by atoms with Gasteiger partial charge in [0.15, 0.2) is 0 Å². The molecular weight excluding hydrogens is 246 g/mol. The monoisotopic (exact) mass is 273 g/mol. The van der Waals surface area contributed by atoms with Crippen LogP contribution in [-0.2, 0) is 0 Å². The van der Waals surface area contributed by atoms with Gasteiger partial charge in [-0.1, -0.05) is 13.8 Å². The van der Waals surface area contributed by atoms with Gasteiger partial charge in [-0.25, -0.2) is 4.79 Å². The summed E-state index contributed by atoms with van der Waals surface area (Å²) in [5.74, 6) is 0. The van der Waals surface area contributed by atoms with Gasteiger partial charge in [0.05, 0.1) is 0 Å².